The van der Waals surface area contributed by atoms with Gasteiger partial charge in [0, 0.05) is 17.5 Å². The van der Waals surface area contributed by atoms with Crippen molar-refractivity contribution in [1.82, 2.24) is 14.9 Å². The number of hydrogen-bond acceptors (Lipinski definition) is 5. The van der Waals surface area contributed by atoms with Gasteiger partial charge in [-0.1, -0.05) is 49.0 Å². The number of amides is 1. The second kappa shape index (κ2) is 8.19. The minimum Gasteiger partial charge on any atom is -0.352 e. The zero-order valence-corrected chi connectivity index (χ0v) is 18.7. The number of nitrogens with zero attached hydrogens (tertiary/aromatic N) is 2. The molecule has 1 saturated carbocycles. The van der Waals surface area contributed by atoms with Crippen LogP contribution in [0.1, 0.15) is 53.9 Å². The molecule has 0 saturated heterocycles. The smallest absolute Gasteiger partial charge is 0.263 e. The van der Waals surface area contributed by atoms with E-state index in [1.165, 1.54) is 22.2 Å². The summed E-state index contributed by atoms with van der Waals surface area (Å²) in [6, 6.07) is 10.1. The van der Waals surface area contributed by atoms with Crippen LogP contribution in [0, 0.1) is 0 Å². The third-order valence-corrected chi connectivity index (χ3v) is 8.15. The van der Waals surface area contributed by atoms with E-state index in [0.29, 0.717) is 11.7 Å². The predicted octanol–water partition coefficient (Wildman–Crippen LogP) is 4.47. The predicted molar refractivity (Wildman–Crippen MR) is 122 cm³/mol. The average Bonchev–Trinajstić information content (AvgIpc) is 3.32. The summed E-state index contributed by atoms with van der Waals surface area (Å²) in [7, 11) is 0. The molecule has 2 aromatic heterocycles. The Hall–Kier alpha value is -2.12. The van der Waals surface area contributed by atoms with E-state index in [1.54, 1.807) is 15.9 Å². The van der Waals surface area contributed by atoms with Gasteiger partial charge in [0.15, 0.2) is 5.16 Å². The minimum absolute atomic E-state index is 0.000214. The minimum atomic E-state index is -0.425. The third kappa shape index (κ3) is 3.69. The molecule has 1 fully saturated rings. The first kappa shape index (κ1) is 19.8. The molecular formula is C23H25N3O2S2. The zero-order valence-electron chi connectivity index (χ0n) is 17.0. The van der Waals surface area contributed by atoms with E-state index < -0.39 is 5.25 Å². The van der Waals surface area contributed by atoms with Crippen molar-refractivity contribution in [3.63, 3.8) is 0 Å². The Labute approximate surface area is 183 Å². The summed E-state index contributed by atoms with van der Waals surface area (Å²) < 4.78 is 1.79. The first-order valence-electron chi connectivity index (χ1n) is 10.7. The number of thiophene rings is 1. The number of fused-ring (bicyclic) bond motifs is 3. The average molecular weight is 440 g/mol. The summed E-state index contributed by atoms with van der Waals surface area (Å²) in [5.41, 5.74) is 2.20. The van der Waals surface area contributed by atoms with E-state index in [2.05, 4.69) is 12.2 Å². The highest BCUT2D eigenvalue weighted by atomic mass is 32.2. The maximum absolute atomic E-state index is 13.5. The van der Waals surface area contributed by atoms with Crippen molar-refractivity contribution in [2.24, 2.45) is 0 Å². The van der Waals surface area contributed by atoms with Gasteiger partial charge in [0.2, 0.25) is 5.91 Å². The van der Waals surface area contributed by atoms with Crippen LogP contribution in [-0.4, -0.2) is 21.5 Å². The van der Waals surface area contributed by atoms with Crippen molar-refractivity contribution in [2.45, 2.75) is 68.4 Å². The first-order valence-corrected chi connectivity index (χ1v) is 12.4. The van der Waals surface area contributed by atoms with Gasteiger partial charge in [-0.15, -0.1) is 11.3 Å². The maximum atomic E-state index is 13.5. The van der Waals surface area contributed by atoms with E-state index >= 15 is 0 Å². The molecule has 2 aliphatic rings. The fourth-order valence-electron chi connectivity index (χ4n) is 4.08. The summed E-state index contributed by atoms with van der Waals surface area (Å²) in [5.74, 6) is -0.000214. The molecular weight excluding hydrogens is 414 g/mol. The Morgan fingerprint density at radius 1 is 1.30 bits per heavy atom. The number of benzene rings is 1. The Morgan fingerprint density at radius 3 is 2.83 bits per heavy atom. The Kier molecular flexibility index (Phi) is 5.41. The van der Waals surface area contributed by atoms with Gasteiger partial charge in [0.1, 0.15) is 10.1 Å². The van der Waals surface area contributed by atoms with E-state index in [1.807, 2.05) is 30.3 Å². The fraction of sp³-hybridized carbons (Fsp3) is 0.435. The molecule has 1 unspecified atom stereocenters. The number of thioether (sulfide) groups is 1. The van der Waals surface area contributed by atoms with Crippen molar-refractivity contribution in [3.8, 4) is 0 Å². The summed E-state index contributed by atoms with van der Waals surface area (Å²) >= 11 is 3.06. The summed E-state index contributed by atoms with van der Waals surface area (Å²) in [6.07, 6.45) is 6.08. The van der Waals surface area contributed by atoms with E-state index in [4.69, 9.17) is 4.98 Å². The molecule has 156 valence electrons. The van der Waals surface area contributed by atoms with Crippen molar-refractivity contribution in [2.75, 3.05) is 0 Å². The molecule has 1 N–H and O–H groups in total. The van der Waals surface area contributed by atoms with Crippen LogP contribution in [0.3, 0.4) is 0 Å². The molecule has 0 aliphatic heterocycles. The summed E-state index contributed by atoms with van der Waals surface area (Å²) in [5, 5.41) is 4.17. The second-order valence-electron chi connectivity index (χ2n) is 8.08. The normalized spacial score (nSPS) is 16.6. The van der Waals surface area contributed by atoms with Gasteiger partial charge in [-0.05, 0) is 49.7 Å². The molecule has 1 atom stereocenters. The van der Waals surface area contributed by atoms with Crippen LogP contribution in [0.5, 0.6) is 0 Å². The van der Waals surface area contributed by atoms with Gasteiger partial charge in [-0.3, -0.25) is 14.2 Å². The first-order chi connectivity index (χ1) is 14.7. The Morgan fingerprint density at radius 2 is 2.10 bits per heavy atom. The lowest BCUT2D eigenvalue weighted by Crippen LogP contribution is -2.30. The molecule has 7 heteroatoms. The number of rotatable bonds is 7. The SMILES string of the molecule is CCCn1c(SC(C(=O)NC2CC2)c2ccccc2)nc2sc3c(c2c1=O)CCC3. The molecule has 30 heavy (non-hydrogen) atoms. The van der Waals surface area contributed by atoms with Gasteiger partial charge < -0.3 is 5.32 Å². The molecule has 3 aromatic rings. The lowest BCUT2D eigenvalue weighted by atomic mass is 10.1. The molecule has 0 bridgehead atoms. The van der Waals surface area contributed by atoms with Crippen LogP contribution in [0.2, 0.25) is 0 Å². The maximum Gasteiger partial charge on any atom is 0.263 e. The standard InChI is InChI=1S/C23H25N3O2S2/c1-2-13-26-22(28)18-16-9-6-10-17(16)29-21(18)25-23(26)30-19(14-7-4-3-5-8-14)20(27)24-15-11-12-15/h3-5,7-8,15,19H,2,6,9-13H2,1H3,(H,24,27). The molecule has 2 aliphatic carbocycles. The number of aromatic nitrogens is 2. The number of nitrogens with one attached hydrogen (secondary N) is 1. The Balaban J connectivity index is 1.58. The topological polar surface area (TPSA) is 64.0 Å². The molecule has 0 radical (unpaired) electrons. The summed E-state index contributed by atoms with van der Waals surface area (Å²) in [4.78, 5) is 33.6. The van der Waals surface area contributed by atoms with Gasteiger partial charge in [0.25, 0.3) is 5.56 Å². The van der Waals surface area contributed by atoms with E-state index in [9.17, 15) is 9.59 Å². The number of carbonyl (C=O) groups excluding carboxylic acids is 1. The van der Waals surface area contributed by atoms with Gasteiger partial charge in [-0.25, -0.2) is 4.98 Å². The molecule has 2 heterocycles. The number of hydrogen-bond donors (Lipinski definition) is 1. The van der Waals surface area contributed by atoms with Crippen LogP contribution < -0.4 is 10.9 Å². The van der Waals surface area contributed by atoms with Gasteiger partial charge in [-0.2, -0.15) is 0 Å². The van der Waals surface area contributed by atoms with Gasteiger partial charge in [0.05, 0.1) is 5.39 Å². The highest BCUT2D eigenvalue weighted by Gasteiger charge is 2.31. The van der Waals surface area contributed by atoms with Crippen molar-refractivity contribution >= 4 is 39.2 Å². The van der Waals surface area contributed by atoms with Crippen LogP contribution >= 0.6 is 23.1 Å². The number of aryl methyl sites for hydroxylation is 2. The molecule has 0 spiro atoms. The summed E-state index contributed by atoms with van der Waals surface area (Å²) in [6.45, 7) is 2.68. The Bertz CT molecular complexity index is 1150. The van der Waals surface area contributed by atoms with Gasteiger partial charge >= 0.3 is 0 Å². The number of carbonyl (C=O) groups is 1. The molecule has 1 aromatic carbocycles. The van der Waals surface area contributed by atoms with Crippen molar-refractivity contribution < 1.29 is 4.79 Å². The zero-order chi connectivity index (χ0) is 20.7. The third-order valence-electron chi connectivity index (χ3n) is 5.72. The lowest BCUT2D eigenvalue weighted by molar-refractivity contribution is -0.120. The highest BCUT2D eigenvalue weighted by Crippen LogP contribution is 2.39. The van der Waals surface area contributed by atoms with Crippen LogP contribution in [0.25, 0.3) is 10.2 Å². The van der Waals surface area contributed by atoms with Crippen LogP contribution in [-0.2, 0) is 24.2 Å². The lowest BCUT2D eigenvalue weighted by Gasteiger charge is -2.19. The highest BCUT2D eigenvalue weighted by molar-refractivity contribution is 8.00. The molecule has 5 nitrogen and oxygen atoms in total. The van der Waals surface area contributed by atoms with E-state index in [0.717, 1.165) is 54.3 Å². The van der Waals surface area contributed by atoms with Crippen molar-refractivity contribution in [1.29, 1.82) is 0 Å². The van der Waals surface area contributed by atoms with Crippen LogP contribution in [0.15, 0.2) is 40.3 Å². The van der Waals surface area contributed by atoms with Crippen molar-refractivity contribution in [3.05, 3.63) is 56.7 Å². The molecule has 5 rings (SSSR count). The quantitative estimate of drug-likeness (QED) is 0.436. The van der Waals surface area contributed by atoms with Crippen LogP contribution in [0.4, 0.5) is 0 Å². The fourth-order valence-corrected chi connectivity index (χ4v) is 6.51. The monoisotopic (exact) mass is 439 g/mol. The second-order valence-corrected chi connectivity index (χ2v) is 10.2. The largest absolute Gasteiger partial charge is 0.352 e. The molecule has 1 amide bonds. The van der Waals surface area contributed by atoms with E-state index in [-0.39, 0.29) is 17.5 Å².